The second-order valence-electron chi connectivity index (χ2n) is 7.09. The van der Waals surface area contributed by atoms with Gasteiger partial charge in [-0.2, -0.15) is 0 Å². The van der Waals surface area contributed by atoms with Crippen LogP contribution in [0.15, 0.2) is 35.3 Å². The van der Waals surface area contributed by atoms with E-state index >= 15 is 0 Å². The van der Waals surface area contributed by atoms with Crippen LogP contribution in [0.4, 0.5) is 17.3 Å². The summed E-state index contributed by atoms with van der Waals surface area (Å²) in [5, 5.41) is 7.03. The molecule has 25 heavy (non-hydrogen) atoms. The highest BCUT2D eigenvalue weighted by Gasteiger charge is 2.23. The molecule has 1 aromatic heterocycles. The molecule has 1 saturated carbocycles. The molecule has 2 atom stereocenters. The summed E-state index contributed by atoms with van der Waals surface area (Å²) in [6, 6.07) is 10.9. The normalized spacial score (nSPS) is 21.8. The van der Waals surface area contributed by atoms with Gasteiger partial charge in [0.05, 0.1) is 6.54 Å². The monoisotopic (exact) mass is 335 g/mol. The molecule has 4 N–H and O–H groups in total. The predicted molar refractivity (Wildman–Crippen MR) is 104 cm³/mol. The summed E-state index contributed by atoms with van der Waals surface area (Å²) in [7, 11) is 0. The summed E-state index contributed by atoms with van der Waals surface area (Å²) < 4.78 is 0. The Hall–Kier alpha value is -2.40. The Balaban J connectivity index is 1.61. The fraction of sp³-hybridized carbons (Fsp3) is 0.400. The molecule has 0 saturated heterocycles. The van der Waals surface area contributed by atoms with E-state index in [1.807, 2.05) is 6.21 Å². The molecule has 2 aliphatic rings. The molecule has 2 aromatic rings. The van der Waals surface area contributed by atoms with Gasteiger partial charge in [0.25, 0.3) is 0 Å². The quantitative estimate of drug-likeness (QED) is 0.795. The zero-order valence-corrected chi connectivity index (χ0v) is 14.6. The maximum absolute atomic E-state index is 6.29. The third-order valence-electron chi connectivity index (χ3n) is 5.06. The van der Waals surface area contributed by atoms with Gasteiger partial charge in [-0.1, -0.05) is 25.0 Å². The zero-order valence-electron chi connectivity index (χ0n) is 14.6. The molecule has 1 aliphatic heterocycles. The maximum atomic E-state index is 6.29. The fourth-order valence-corrected chi connectivity index (χ4v) is 3.68. The van der Waals surface area contributed by atoms with E-state index in [9.17, 15) is 0 Å². The van der Waals surface area contributed by atoms with Crippen molar-refractivity contribution in [3.63, 3.8) is 0 Å². The van der Waals surface area contributed by atoms with Crippen LogP contribution in [0.25, 0.3) is 0 Å². The first-order valence-corrected chi connectivity index (χ1v) is 9.08. The number of fused-ring (bicyclic) bond motifs is 1. The number of aryl methyl sites for hydroxylation is 1. The highest BCUT2D eigenvalue weighted by molar-refractivity contribution is 5.92. The lowest BCUT2D eigenvalue weighted by Crippen LogP contribution is -2.42. The molecule has 0 radical (unpaired) electrons. The molecule has 2 heterocycles. The van der Waals surface area contributed by atoms with Gasteiger partial charge in [0.1, 0.15) is 11.6 Å². The van der Waals surface area contributed by atoms with E-state index in [0.717, 1.165) is 35.7 Å². The van der Waals surface area contributed by atoms with E-state index in [1.165, 1.54) is 24.0 Å². The molecular weight excluding hydrogens is 310 g/mol. The number of hydrogen-bond acceptors (Lipinski definition) is 5. The Morgan fingerprint density at radius 1 is 1.16 bits per heavy atom. The number of anilines is 3. The average molecular weight is 335 g/mol. The molecule has 4 rings (SSSR count). The van der Waals surface area contributed by atoms with Crippen LogP contribution in [-0.4, -0.2) is 23.3 Å². The number of nitrogens with one attached hydrogen (secondary N) is 2. The summed E-state index contributed by atoms with van der Waals surface area (Å²) in [6.07, 6.45) is 6.56. The van der Waals surface area contributed by atoms with Crippen molar-refractivity contribution < 1.29 is 0 Å². The second-order valence-corrected chi connectivity index (χ2v) is 7.09. The molecule has 1 aromatic carbocycles. The Kier molecular flexibility index (Phi) is 4.40. The van der Waals surface area contributed by atoms with E-state index in [2.05, 4.69) is 52.9 Å². The van der Waals surface area contributed by atoms with Crippen molar-refractivity contribution in [1.82, 2.24) is 4.98 Å². The van der Waals surface area contributed by atoms with Gasteiger partial charge in [0, 0.05) is 29.5 Å². The Morgan fingerprint density at radius 2 is 2.04 bits per heavy atom. The Labute approximate surface area is 148 Å². The molecule has 0 spiro atoms. The Morgan fingerprint density at radius 3 is 2.88 bits per heavy atom. The third kappa shape index (κ3) is 3.51. The molecule has 1 fully saturated rings. The van der Waals surface area contributed by atoms with Gasteiger partial charge in [-0.3, -0.25) is 4.99 Å². The van der Waals surface area contributed by atoms with Gasteiger partial charge in [-0.25, -0.2) is 4.98 Å². The van der Waals surface area contributed by atoms with Crippen LogP contribution in [0.2, 0.25) is 0 Å². The first-order valence-electron chi connectivity index (χ1n) is 9.08. The summed E-state index contributed by atoms with van der Waals surface area (Å²) in [6.45, 7) is 2.80. The van der Waals surface area contributed by atoms with Crippen LogP contribution in [0.3, 0.4) is 0 Å². The van der Waals surface area contributed by atoms with Crippen molar-refractivity contribution in [2.24, 2.45) is 10.7 Å². The summed E-state index contributed by atoms with van der Waals surface area (Å²) in [5.74, 6) is 1.75. The lowest BCUT2D eigenvalue weighted by Gasteiger charge is -2.30. The fourth-order valence-electron chi connectivity index (χ4n) is 3.68. The van der Waals surface area contributed by atoms with Gasteiger partial charge < -0.3 is 16.4 Å². The topological polar surface area (TPSA) is 75.3 Å². The van der Waals surface area contributed by atoms with Gasteiger partial charge in [-0.05, 0) is 49.1 Å². The van der Waals surface area contributed by atoms with Crippen molar-refractivity contribution in [3.8, 4) is 0 Å². The van der Waals surface area contributed by atoms with Gasteiger partial charge >= 0.3 is 0 Å². The molecule has 1 aliphatic carbocycles. The molecule has 5 heteroatoms. The largest absolute Gasteiger partial charge is 0.366 e. The number of pyridine rings is 1. The summed E-state index contributed by atoms with van der Waals surface area (Å²) in [4.78, 5) is 9.25. The lowest BCUT2D eigenvalue weighted by molar-refractivity contribution is 0.403. The van der Waals surface area contributed by atoms with Crippen molar-refractivity contribution in [2.45, 2.75) is 51.2 Å². The van der Waals surface area contributed by atoms with Gasteiger partial charge in [0.2, 0.25) is 0 Å². The van der Waals surface area contributed by atoms with Crippen molar-refractivity contribution >= 4 is 23.5 Å². The molecule has 0 amide bonds. The number of nitrogens with zero attached hydrogens (tertiary/aromatic N) is 2. The van der Waals surface area contributed by atoms with E-state index in [1.54, 1.807) is 0 Å². The Bertz CT molecular complexity index is 799. The minimum atomic E-state index is 0.202. The van der Waals surface area contributed by atoms with E-state index in [0.29, 0.717) is 12.6 Å². The zero-order chi connectivity index (χ0) is 17.2. The van der Waals surface area contributed by atoms with Crippen LogP contribution < -0.4 is 16.4 Å². The highest BCUT2D eigenvalue weighted by atomic mass is 15.1. The maximum Gasteiger partial charge on any atom is 0.141 e. The van der Waals surface area contributed by atoms with E-state index in [4.69, 9.17) is 10.7 Å². The number of nitrogens with two attached hydrogens (primary N) is 1. The second kappa shape index (κ2) is 6.84. The van der Waals surface area contributed by atoms with Crippen LogP contribution in [-0.2, 0) is 6.54 Å². The minimum Gasteiger partial charge on any atom is -0.366 e. The SMILES string of the molecule is Cc1cccc(Nc2nc(N[C@@H]3CCCC[C@@H]3N)cc3c2C=NC3)c1. The van der Waals surface area contributed by atoms with Gasteiger partial charge in [0.15, 0.2) is 0 Å². The van der Waals surface area contributed by atoms with Crippen LogP contribution in [0.1, 0.15) is 42.4 Å². The van der Waals surface area contributed by atoms with Crippen LogP contribution >= 0.6 is 0 Å². The van der Waals surface area contributed by atoms with Crippen molar-refractivity contribution in [3.05, 3.63) is 47.0 Å². The first-order chi connectivity index (χ1) is 12.2. The number of rotatable bonds is 4. The van der Waals surface area contributed by atoms with Crippen molar-refractivity contribution in [2.75, 3.05) is 10.6 Å². The lowest BCUT2D eigenvalue weighted by atomic mass is 9.91. The summed E-state index contributed by atoms with van der Waals surface area (Å²) in [5.41, 5.74) is 10.8. The molecule has 0 bridgehead atoms. The number of aromatic nitrogens is 1. The molecule has 5 nitrogen and oxygen atoms in total. The minimum absolute atomic E-state index is 0.202. The summed E-state index contributed by atoms with van der Waals surface area (Å²) >= 11 is 0. The molecule has 0 unspecified atom stereocenters. The smallest absolute Gasteiger partial charge is 0.141 e. The number of aliphatic imine (C=N–C) groups is 1. The predicted octanol–water partition coefficient (Wildman–Crippen LogP) is 3.75. The van der Waals surface area contributed by atoms with Crippen LogP contribution in [0, 0.1) is 6.92 Å². The number of hydrogen-bond donors (Lipinski definition) is 3. The van der Waals surface area contributed by atoms with Gasteiger partial charge in [-0.15, -0.1) is 0 Å². The first kappa shape index (κ1) is 16.1. The molecule has 130 valence electrons. The number of benzene rings is 1. The van der Waals surface area contributed by atoms with Crippen LogP contribution in [0.5, 0.6) is 0 Å². The standard InChI is InChI=1S/C20H25N5/c1-13-5-4-6-15(9-13)23-20-16-12-22-11-14(16)10-19(25-20)24-18-8-3-2-7-17(18)21/h4-6,9-10,12,17-18H,2-3,7-8,11,21H2,1H3,(H2,23,24,25)/t17-,18+/m0/s1. The van der Waals surface area contributed by atoms with E-state index < -0.39 is 0 Å². The molecular formula is C20H25N5. The van der Waals surface area contributed by atoms with E-state index in [-0.39, 0.29) is 6.04 Å². The average Bonchev–Trinajstić information content (AvgIpc) is 3.06. The third-order valence-corrected chi connectivity index (χ3v) is 5.06. The highest BCUT2D eigenvalue weighted by Crippen LogP contribution is 2.29. The van der Waals surface area contributed by atoms with Crippen molar-refractivity contribution in [1.29, 1.82) is 0 Å².